The van der Waals surface area contributed by atoms with E-state index in [1.54, 1.807) is 12.1 Å². The summed E-state index contributed by atoms with van der Waals surface area (Å²) in [6.45, 7) is 1.91. The monoisotopic (exact) mass is 354 g/mol. The minimum absolute atomic E-state index is 0.404. The van der Waals surface area contributed by atoms with Crippen LogP contribution < -0.4 is 5.32 Å². The van der Waals surface area contributed by atoms with E-state index in [9.17, 15) is 13.2 Å². The standard InChI is InChI=1S/C15H10BrF3N2/c1-9-4-11(16)7-13(5-9)21-12-2-3-14(15(17,18)19)10(6-12)8-20/h2-7,21H,1H3. The first-order valence-electron chi connectivity index (χ1n) is 5.95. The van der Waals surface area contributed by atoms with Gasteiger partial charge in [0, 0.05) is 15.8 Å². The lowest BCUT2D eigenvalue weighted by molar-refractivity contribution is -0.137. The van der Waals surface area contributed by atoms with Crippen LogP contribution in [0.2, 0.25) is 0 Å². The third-order valence-corrected chi connectivity index (χ3v) is 3.23. The zero-order chi connectivity index (χ0) is 15.6. The van der Waals surface area contributed by atoms with E-state index in [4.69, 9.17) is 5.26 Å². The molecule has 0 radical (unpaired) electrons. The molecular formula is C15H10BrF3N2. The van der Waals surface area contributed by atoms with Crippen molar-refractivity contribution in [3.8, 4) is 6.07 Å². The zero-order valence-electron chi connectivity index (χ0n) is 10.9. The van der Waals surface area contributed by atoms with Crippen molar-refractivity contribution >= 4 is 27.3 Å². The number of anilines is 2. The summed E-state index contributed by atoms with van der Waals surface area (Å²) in [7, 11) is 0. The number of alkyl halides is 3. The van der Waals surface area contributed by atoms with E-state index in [2.05, 4.69) is 21.2 Å². The fraction of sp³-hybridized carbons (Fsp3) is 0.133. The van der Waals surface area contributed by atoms with Gasteiger partial charge in [-0.1, -0.05) is 15.9 Å². The van der Waals surface area contributed by atoms with E-state index < -0.39 is 17.3 Å². The highest BCUT2D eigenvalue weighted by Crippen LogP contribution is 2.33. The van der Waals surface area contributed by atoms with Crippen LogP contribution in [0.5, 0.6) is 0 Å². The van der Waals surface area contributed by atoms with E-state index in [0.717, 1.165) is 21.8 Å². The Labute approximate surface area is 128 Å². The van der Waals surface area contributed by atoms with Gasteiger partial charge < -0.3 is 5.32 Å². The summed E-state index contributed by atoms with van der Waals surface area (Å²) < 4.78 is 39.0. The van der Waals surface area contributed by atoms with Crippen LogP contribution in [0.25, 0.3) is 0 Å². The molecule has 0 saturated heterocycles. The average Bonchev–Trinajstić information content (AvgIpc) is 2.36. The van der Waals surface area contributed by atoms with Gasteiger partial charge in [0.15, 0.2) is 0 Å². The van der Waals surface area contributed by atoms with E-state index in [-0.39, 0.29) is 0 Å². The van der Waals surface area contributed by atoms with Crippen molar-refractivity contribution < 1.29 is 13.2 Å². The number of benzene rings is 2. The summed E-state index contributed by atoms with van der Waals surface area (Å²) in [6, 6.07) is 10.6. The second kappa shape index (κ2) is 5.78. The second-order valence-electron chi connectivity index (χ2n) is 4.51. The molecule has 0 aromatic heterocycles. The third-order valence-electron chi connectivity index (χ3n) is 2.78. The van der Waals surface area contributed by atoms with E-state index >= 15 is 0 Å². The van der Waals surface area contributed by atoms with Crippen LogP contribution in [-0.2, 0) is 6.18 Å². The van der Waals surface area contributed by atoms with Crippen LogP contribution in [0.4, 0.5) is 24.5 Å². The number of halogens is 4. The van der Waals surface area contributed by atoms with Crippen LogP contribution in [0.15, 0.2) is 40.9 Å². The minimum Gasteiger partial charge on any atom is -0.355 e. The van der Waals surface area contributed by atoms with Gasteiger partial charge >= 0.3 is 6.18 Å². The molecule has 0 bridgehead atoms. The van der Waals surface area contributed by atoms with Gasteiger partial charge in [-0.15, -0.1) is 0 Å². The fourth-order valence-corrected chi connectivity index (χ4v) is 2.54. The highest BCUT2D eigenvalue weighted by atomic mass is 79.9. The van der Waals surface area contributed by atoms with Gasteiger partial charge in [-0.25, -0.2) is 0 Å². The van der Waals surface area contributed by atoms with E-state index in [0.29, 0.717) is 5.69 Å². The number of nitriles is 1. The molecule has 21 heavy (non-hydrogen) atoms. The molecule has 0 aliphatic heterocycles. The molecule has 0 unspecified atom stereocenters. The van der Waals surface area contributed by atoms with Crippen molar-refractivity contribution in [2.75, 3.05) is 5.32 Å². The average molecular weight is 355 g/mol. The van der Waals surface area contributed by atoms with Gasteiger partial charge in [0.05, 0.1) is 17.2 Å². The van der Waals surface area contributed by atoms with Crippen molar-refractivity contribution in [2.24, 2.45) is 0 Å². The van der Waals surface area contributed by atoms with Gasteiger partial charge in [0.25, 0.3) is 0 Å². The molecule has 2 rings (SSSR count). The molecular weight excluding hydrogens is 345 g/mol. The Morgan fingerprint density at radius 2 is 1.81 bits per heavy atom. The minimum atomic E-state index is -4.53. The maximum Gasteiger partial charge on any atom is 0.417 e. The lowest BCUT2D eigenvalue weighted by Gasteiger charge is -2.12. The number of aryl methyl sites for hydroxylation is 1. The van der Waals surface area contributed by atoms with Gasteiger partial charge in [0.1, 0.15) is 0 Å². The number of nitrogens with one attached hydrogen (secondary N) is 1. The number of nitrogens with zero attached hydrogens (tertiary/aromatic N) is 1. The maximum absolute atomic E-state index is 12.7. The second-order valence-corrected chi connectivity index (χ2v) is 5.43. The molecule has 0 aliphatic rings. The van der Waals surface area contributed by atoms with E-state index in [1.807, 2.05) is 19.1 Å². The Bertz CT molecular complexity index is 698. The van der Waals surface area contributed by atoms with Crippen molar-refractivity contribution in [1.82, 2.24) is 0 Å². The zero-order valence-corrected chi connectivity index (χ0v) is 12.5. The number of hydrogen-bond acceptors (Lipinski definition) is 2. The molecule has 2 nitrogen and oxygen atoms in total. The Balaban J connectivity index is 2.36. The molecule has 6 heteroatoms. The lowest BCUT2D eigenvalue weighted by Crippen LogP contribution is -2.08. The smallest absolute Gasteiger partial charge is 0.355 e. The first-order chi connectivity index (χ1) is 9.79. The van der Waals surface area contributed by atoms with Crippen LogP contribution in [0.3, 0.4) is 0 Å². The van der Waals surface area contributed by atoms with Crippen molar-refractivity contribution in [1.29, 1.82) is 5.26 Å². The molecule has 0 heterocycles. The molecule has 0 fully saturated rings. The summed E-state index contributed by atoms with van der Waals surface area (Å²) in [6.07, 6.45) is -4.53. The van der Waals surface area contributed by atoms with Crippen LogP contribution >= 0.6 is 15.9 Å². The largest absolute Gasteiger partial charge is 0.417 e. The predicted octanol–water partition coefficient (Wildman–Crippen LogP) is 5.39. The molecule has 0 spiro atoms. The molecule has 1 N–H and O–H groups in total. The molecule has 0 saturated carbocycles. The summed E-state index contributed by atoms with van der Waals surface area (Å²) in [5.41, 5.74) is 0.821. The van der Waals surface area contributed by atoms with Crippen LogP contribution in [0, 0.1) is 18.3 Å². The SMILES string of the molecule is Cc1cc(Br)cc(Nc2ccc(C(F)(F)F)c(C#N)c2)c1. The van der Waals surface area contributed by atoms with Crippen LogP contribution in [0.1, 0.15) is 16.7 Å². The number of rotatable bonds is 2. The van der Waals surface area contributed by atoms with Gasteiger partial charge in [-0.3, -0.25) is 0 Å². The summed E-state index contributed by atoms with van der Waals surface area (Å²) in [4.78, 5) is 0. The predicted molar refractivity (Wildman–Crippen MR) is 78.3 cm³/mol. The Morgan fingerprint density at radius 3 is 2.38 bits per heavy atom. The molecule has 2 aromatic carbocycles. The number of hydrogen-bond donors (Lipinski definition) is 1. The maximum atomic E-state index is 12.7. The first-order valence-corrected chi connectivity index (χ1v) is 6.74. The van der Waals surface area contributed by atoms with Crippen molar-refractivity contribution in [3.05, 3.63) is 57.6 Å². The van der Waals surface area contributed by atoms with E-state index in [1.165, 1.54) is 12.1 Å². The fourth-order valence-electron chi connectivity index (χ4n) is 1.94. The normalized spacial score (nSPS) is 11.0. The van der Waals surface area contributed by atoms with Gasteiger partial charge in [-0.05, 0) is 48.9 Å². The quantitative estimate of drug-likeness (QED) is 0.784. The molecule has 0 atom stereocenters. The lowest BCUT2D eigenvalue weighted by atomic mass is 10.1. The van der Waals surface area contributed by atoms with Crippen molar-refractivity contribution in [2.45, 2.75) is 13.1 Å². The molecule has 108 valence electrons. The van der Waals surface area contributed by atoms with Crippen molar-refractivity contribution in [3.63, 3.8) is 0 Å². The van der Waals surface area contributed by atoms with Crippen LogP contribution in [-0.4, -0.2) is 0 Å². The molecule has 0 aliphatic carbocycles. The topological polar surface area (TPSA) is 35.8 Å². The first kappa shape index (κ1) is 15.4. The highest BCUT2D eigenvalue weighted by molar-refractivity contribution is 9.10. The van der Waals surface area contributed by atoms with Gasteiger partial charge in [0.2, 0.25) is 0 Å². The summed E-state index contributed by atoms with van der Waals surface area (Å²) >= 11 is 3.35. The summed E-state index contributed by atoms with van der Waals surface area (Å²) in [5, 5.41) is 11.9. The molecule has 0 amide bonds. The highest BCUT2D eigenvalue weighted by Gasteiger charge is 2.33. The Kier molecular flexibility index (Phi) is 4.24. The Hall–Kier alpha value is -2.00. The van der Waals surface area contributed by atoms with Gasteiger partial charge in [-0.2, -0.15) is 18.4 Å². The molecule has 2 aromatic rings. The third kappa shape index (κ3) is 3.76. The Morgan fingerprint density at radius 1 is 1.10 bits per heavy atom. The summed E-state index contributed by atoms with van der Waals surface area (Å²) in [5.74, 6) is 0.